The molecule has 0 radical (unpaired) electrons. The highest BCUT2D eigenvalue weighted by Gasteiger charge is 2.27. The molecular formula is C24H31N3O2S. The molecule has 0 saturated carbocycles. The number of amides is 1. The monoisotopic (exact) mass is 425 g/mol. The van der Waals surface area contributed by atoms with Crippen molar-refractivity contribution in [2.45, 2.75) is 19.1 Å². The first-order valence-corrected chi connectivity index (χ1v) is 12.0. The molecule has 1 saturated heterocycles. The Morgan fingerprint density at radius 2 is 1.97 bits per heavy atom. The first-order valence-electron chi connectivity index (χ1n) is 10.6. The van der Waals surface area contributed by atoms with Gasteiger partial charge in [0, 0.05) is 44.3 Å². The minimum Gasteiger partial charge on any atom is -0.491 e. The number of hydrogen-bond donors (Lipinski definition) is 0. The second-order valence-electron chi connectivity index (χ2n) is 8.20. The van der Waals surface area contributed by atoms with Gasteiger partial charge in [0.1, 0.15) is 12.4 Å². The van der Waals surface area contributed by atoms with Crippen LogP contribution in [0.4, 0.5) is 0 Å². The predicted octanol–water partition coefficient (Wildman–Crippen LogP) is 3.26. The van der Waals surface area contributed by atoms with Gasteiger partial charge in [-0.15, -0.1) is 0 Å². The summed E-state index contributed by atoms with van der Waals surface area (Å²) in [5, 5.41) is 0. The van der Waals surface area contributed by atoms with E-state index >= 15 is 0 Å². The van der Waals surface area contributed by atoms with Gasteiger partial charge in [0.05, 0.1) is 12.3 Å². The van der Waals surface area contributed by atoms with E-state index < -0.39 is 0 Å². The van der Waals surface area contributed by atoms with Crippen LogP contribution in [-0.2, 0) is 17.9 Å². The molecule has 2 aromatic carbocycles. The van der Waals surface area contributed by atoms with E-state index in [0.29, 0.717) is 31.5 Å². The molecule has 2 aliphatic rings. The number of rotatable bonds is 5. The zero-order chi connectivity index (χ0) is 20.9. The summed E-state index contributed by atoms with van der Waals surface area (Å²) >= 11 is 1.57. The van der Waals surface area contributed by atoms with Gasteiger partial charge in [-0.3, -0.25) is 9.69 Å². The van der Waals surface area contributed by atoms with E-state index in [0.717, 1.165) is 37.5 Å². The van der Waals surface area contributed by atoms with Gasteiger partial charge in [0.25, 0.3) is 0 Å². The summed E-state index contributed by atoms with van der Waals surface area (Å²) in [7, 11) is 2.20. The maximum absolute atomic E-state index is 12.4. The Hall–Kier alpha value is -2.02. The fraction of sp³-hybridized carbons (Fsp3) is 0.458. The summed E-state index contributed by atoms with van der Waals surface area (Å²) in [6, 6.07) is 17.7. The number of carbonyl (C=O) groups is 1. The number of piperazine rings is 1. The van der Waals surface area contributed by atoms with Crippen molar-refractivity contribution in [1.82, 2.24) is 14.7 Å². The van der Waals surface area contributed by atoms with Crippen LogP contribution in [0.1, 0.15) is 22.7 Å². The quantitative estimate of drug-likeness (QED) is 0.735. The molecule has 0 aliphatic carbocycles. The number of hydrogen-bond acceptors (Lipinski definition) is 5. The van der Waals surface area contributed by atoms with Crippen molar-refractivity contribution >= 4 is 17.7 Å². The highest BCUT2D eigenvalue weighted by Crippen LogP contribution is 2.29. The van der Waals surface area contributed by atoms with Crippen molar-refractivity contribution in [3.63, 3.8) is 0 Å². The fourth-order valence-electron chi connectivity index (χ4n) is 4.35. The van der Waals surface area contributed by atoms with Gasteiger partial charge in [0.15, 0.2) is 0 Å². The molecule has 2 heterocycles. The second-order valence-corrected chi connectivity index (χ2v) is 9.06. The first kappa shape index (κ1) is 21.2. The van der Waals surface area contributed by atoms with Crippen molar-refractivity contribution in [2.75, 3.05) is 51.8 Å². The van der Waals surface area contributed by atoms with Crippen LogP contribution < -0.4 is 4.74 Å². The van der Waals surface area contributed by atoms with Crippen LogP contribution in [0, 0.1) is 0 Å². The maximum Gasteiger partial charge on any atom is 0.232 e. The Morgan fingerprint density at radius 1 is 1.13 bits per heavy atom. The first-order chi connectivity index (χ1) is 14.6. The highest BCUT2D eigenvalue weighted by molar-refractivity contribution is 7.99. The molecule has 1 atom stereocenters. The van der Waals surface area contributed by atoms with Crippen LogP contribution in [0.15, 0.2) is 48.5 Å². The van der Waals surface area contributed by atoms with E-state index in [2.05, 4.69) is 65.4 Å². The Labute approximate surface area is 184 Å². The molecule has 1 fully saturated rings. The van der Waals surface area contributed by atoms with E-state index in [1.807, 2.05) is 11.2 Å². The van der Waals surface area contributed by atoms with Gasteiger partial charge in [0.2, 0.25) is 5.91 Å². The summed E-state index contributed by atoms with van der Waals surface area (Å²) in [6.07, 6.45) is 1.97. The van der Waals surface area contributed by atoms with Gasteiger partial charge < -0.3 is 14.5 Å². The van der Waals surface area contributed by atoms with E-state index in [1.54, 1.807) is 11.8 Å². The molecule has 4 rings (SSSR count). The normalized spacial score (nSPS) is 20.3. The molecule has 0 spiro atoms. The molecule has 2 aliphatic heterocycles. The molecule has 0 N–H and O–H groups in total. The third-order valence-electron chi connectivity index (χ3n) is 5.99. The second kappa shape index (κ2) is 9.86. The molecule has 5 nitrogen and oxygen atoms in total. The summed E-state index contributed by atoms with van der Waals surface area (Å²) in [5.74, 6) is 1.62. The molecule has 2 aromatic rings. The third-order valence-corrected chi connectivity index (χ3v) is 6.53. The van der Waals surface area contributed by atoms with Crippen molar-refractivity contribution in [2.24, 2.45) is 0 Å². The predicted molar refractivity (Wildman–Crippen MR) is 123 cm³/mol. The lowest BCUT2D eigenvalue weighted by Gasteiger charge is -2.40. The lowest BCUT2D eigenvalue weighted by atomic mass is 10.0. The van der Waals surface area contributed by atoms with Crippen molar-refractivity contribution in [1.29, 1.82) is 0 Å². The molecule has 0 unspecified atom stereocenters. The Balaban J connectivity index is 1.52. The van der Waals surface area contributed by atoms with E-state index in [1.165, 1.54) is 11.1 Å². The minimum atomic E-state index is 0.188. The Kier molecular flexibility index (Phi) is 6.97. The average Bonchev–Trinajstić information content (AvgIpc) is 2.98. The standard InChI is InChI=1S/C24H31N3O2S/c1-25-10-11-26(22(17-25)20-6-4-3-5-7-20)15-19-8-9-23-21(14-19)16-27(12-13-29-23)24(28)18-30-2/h3-9,14,22H,10-13,15-18H2,1-2H3/t22-/m1/s1. The molecule has 160 valence electrons. The van der Waals surface area contributed by atoms with E-state index in [-0.39, 0.29) is 5.91 Å². The topological polar surface area (TPSA) is 36.0 Å². The lowest BCUT2D eigenvalue weighted by Crippen LogP contribution is -2.46. The van der Waals surface area contributed by atoms with Crippen LogP contribution in [-0.4, -0.2) is 72.4 Å². The number of carbonyl (C=O) groups excluding carboxylic acids is 1. The largest absolute Gasteiger partial charge is 0.491 e. The maximum atomic E-state index is 12.4. The Bertz CT molecular complexity index is 861. The highest BCUT2D eigenvalue weighted by atomic mass is 32.2. The Morgan fingerprint density at radius 3 is 2.77 bits per heavy atom. The van der Waals surface area contributed by atoms with Crippen LogP contribution in [0.2, 0.25) is 0 Å². The molecule has 1 amide bonds. The van der Waals surface area contributed by atoms with Crippen LogP contribution >= 0.6 is 11.8 Å². The molecule has 6 heteroatoms. The van der Waals surface area contributed by atoms with Gasteiger partial charge in [-0.05, 0) is 36.6 Å². The minimum absolute atomic E-state index is 0.188. The zero-order valence-corrected chi connectivity index (χ0v) is 18.7. The van der Waals surface area contributed by atoms with Crippen LogP contribution in [0.3, 0.4) is 0 Å². The number of thioether (sulfide) groups is 1. The van der Waals surface area contributed by atoms with Crippen molar-refractivity contribution in [3.8, 4) is 5.75 Å². The summed E-state index contributed by atoms with van der Waals surface area (Å²) in [5.41, 5.74) is 3.77. The van der Waals surface area contributed by atoms with Crippen molar-refractivity contribution in [3.05, 3.63) is 65.2 Å². The zero-order valence-electron chi connectivity index (χ0n) is 17.9. The SMILES string of the molecule is CSCC(=O)N1CCOc2ccc(CN3CCN(C)C[C@@H]3c3ccccc3)cc2C1. The molecular weight excluding hydrogens is 394 g/mol. The summed E-state index contributed by atoms with van der Waals surface area (Å²) in [6.45, 7) is 5.90. The number of benzene rings is 2. The summed E-state index contributed by atoms with van der Waals surface area (Å²) < 4.78 is 5.94. The average molecular weight is 426 g/mol. The summed E-state index contributed by atoms with van der Waals surface area (Å²) in [4.78, 5) is 19.3. The molecule has 30 heavy (non-hydrogen) atoms. The van der Waals surface area contributed by atoms with Gasteiger partial charge in [-0.1, -0.05) is 36.4 Å². The number of fused-ring (bicyclic) bond motifs is 1. The number of likely N-dealkylation sites (N-methyl/N-ethyl adjacent to an activating group) is 1. The molecule has 0 aromatic heterocycles. The number of nitrogens with zero attached hydrogens (tertiary/aromatic N) is 3. The van der Waals surface area contributed by atoms with Gasteiger partial charge >= 0.3 is 0 Å². The lowest BCUT2D eigenvalue weighted by molar-refractivity contribution is -0.129. The number of ether oxygens (including phenoxy) is 1. The van der Waals surface area contributed by atoms with E-state index in [4.69, 9.17) is 4.74 Å². The van der Waals surface area contributed by atoms with Gasteiger partial charge in [-0.25, -0.2) is 0 Å². The third kappa shape index (κ3) is 4.99. The van der Waals surface area contributed by atoms with Crippen LogP contribution in [0.5, 0.6) is 5.75 Å². The van der Waals surface area contributed by atoms with Crippen LogP contribution in [0.25, 0.3) is 0 Å². The van der Waals surface area contributed by atoms with Gasteiger partial charge in [-0.2, -0.15) is 11.8 Å². The fourth-order valence-corrected chi connectivity index (χ4v) is 4.78. The van der Waals surface area contributed by atoms with Crippen molar-refractivity contribution < 1.29 is 9.53 Å². The molecule has 0 bridgehead atoms. The smallest absolute Gasteiger partial charge is 0.232 e. The van der Waals surface area contributed by atoms with E-state index in [9.17, 15) is 4.79 Å².